The molecule has 2 aliphatic heterocycles. The maximum atomic E-state index is 13.1. The van der Waals surface area contributed by atoms with Gasteiger partial charge in [0.05, 0.1) is 25.0 Å². The molecule has 2 fully saturated rings. The van der Waals surface area contributed by atoms with Gasteiger partial charge in [0, 0.05) is 31.3 Å². The fourth-order valence-corrected chi connectivity index (χ4v) is 4.32. The molecule has 0 aromatic carbocycles. The molecule has 2 aromatic heterocycles. The van der Waals surface area contributed by atoms with Gasteiger partial charge >= 0.3 is 0 Å². The zero-order valence-corrected chi connectivity index (χ0v) is 16.0. The summed E-state index contributed by atoms with van der Waals surface area (Å²) in [5, 5.41) is 0. The molecule has 3 atom stereocenters. The quantitative estimate of drug-likeness (QED) is 0.829. The van der Waals surface area contributed by atoms with Crippen molar-refractivity contribution in [3.63, 3.8) is 0 Å². The molecule has 0 radical (unpaired) electrons. The van der Waals surface area contributed by atoms with E-state index >= 15 is 0 Å². The van der Waals surface area contributed by atoms with Crippen molar-refractivity contribution in [1.29, 1.82) is 0 Å². The molecule has 2 aromatic rings. The zero-order valence-electron chi connectivity index (χ0n) is 16.0. The fraction of sp³-hybridized carbons (Fsp3) is 0.524. The number of carbonyl (C=O) groups excluding carboxylic acids is 1. The molecule has 6 heteroatoms. The van der Waals surface area contributed by atoms with Gasteiger partial charge in [-0.05, 0) is 51.1 Å². The van der Waals surface area contributed by atoms with E-state index in [1.54, 1.807) is 12.3 Å². The Hall–Kier alpha value is -2.18. The summed E-state index contributed by atoms with van der Waals surface area (Å²) in [4.78, 5) is 21.7. The summed E-state index contributed by atoms with van der Waals surface area (Å²) < 4.78 is 11.7. The van der Waals surface area contributed by atoms with E-state index in [2.05, 4.69) is 16.9 Å². The third kappa shape index (κ3) is 3.92. The molecule has 4 rings (SSSR count). The van der Waals surface area contributed by atoms with Crippen LogP contribution in [0.1, 0.15) is 34.8 Å². The van der Waals surface area contributed by atoms with Crippen LogP contribution in [0.4, 0.5) is 0 Å². The van der Waals surface area contributed by atoms with E-state index in [0.717, 1.165) is 37.4 Å². The van der Waals surface area contributed by atoms with Gasteiger partial charge in [-0.25, -0.2) is 4.98 Å². The Balaban J connectivity index is 1.54. The lowest BCUT2D eigenvalue weighted by Crippen LogP contribution is -2.61. The van der Waals surface area contributed by atoms with Gasteiger partial charge in [0.15, 0.2) is 0 Å². The van der Waals surface area contributed by atoms with Crippen molar-refractivity contribution in [1.82, 2.24) is 14.8 Å². The summed E-state index contributed by atoms with van der Waals surface area (Å²) in [6.45, 7) is 4.81. The van der Waals surface area contributed by atoms with E-state index in [1.165, 1.54) is 0 Å². The number of aromatic nitrogens is 1. The van der Waals surface area contributed by atoms with Crippen LogP contribution in [0.15, 0.2) is 41.0 Å². The minimum Gasteiger partial charge on any atom is -0.468 e. The molecule has 0 N–H and O–H groups in total. The number of hydrogen-bond donors (Lipinski definition) is 0. The second kappa shape index (κ2) is 7.82. The van der Waals surface area contributed by atoms with Crippen LogP contribution in [0.3, 0.4) is 0 Å². The summed E-state index contributed by atoms with van der Waals surface area (Å²) in [6, 6.07) is 9.65. The first-order valence-corrected chi connectivity index (χ1v) is 9.69. The van der Waals surface area contributed by atoms with Crippen molar-refractivity contribution >= 4 is 5.91 Å². The van der Waals surface area contributed by atoms with Crippen LogP contribution in [0.25, 0.3) is 0 Å². The summed E-state index contributed by atoms with van der Waals surface area (Å²) in [5.41, 5.74) is 1.39. The summed E-state index contributed by atoms with van der Waals surface area (Å²) >= 11 is 0. The van der Waals surface area contributed by atoms with Gasteiger partial charge in [-0.15, -0.1) is 0 Å². The van der Waals surface area contributed by atoms with Crippen LogP contribution in [0.5, 0.6) is 0 Å². The number of ether oxygens (including phenoxy) is 1. The maximum Gasteiger partial charge on any atom is 0.272 e. The number of likely N-dealkylation sites (tertiary alicyclic amines) is 1. The molecule has 144 valence electrons. The minimum atomic E-state index is 0.0131. The second-order valence-electron chi connectivity index (χ2n) is 7.67. The van der Waals surface area contributed by atoms with Crippen molar-refractivity contribution in [2.24, 2.45) is 5.92 Å². The number of fused-ring (bicyclic) bond motifs is 1. The van der Waals surface area contributed by atoms with E-state index in [0.29, 0.717) is 24.7 Å². The molecule has 0 unspecified atom stereocenters. The van der Waals surface area contributed by atoms with E-state index in [9.17, 15) is 4.79 Å². The molecule has 6 nitrogen and oxygen atoms in total. The van der Waals surface area contributed by atoms with Crippen LogP contribution in [0, 0.1) is 12.8 Å². The standard InChI is InChI=1S/C21H27N3O3/c1-15-6-3-9-18(22-15)21(25)24-12-16-7-4-11-27-20(16)19(14-24)23(2)13-17-8-5-10-26-17/h3,5-6,8-10,16,19-20H,4,7,11-14H2,1-2H3/t16-,19+,20-/m0/s1. The van der Waals surface area contributed by atoms with Gasteiger partial charge in [0.25, 0.3) is 5.91 Å². The van der Waals surface area contributed by atoms with Crippen molar-refractivity contribution < 1.29 is 13.9 Å². The van der Waals surface area contributed by atoms with Gasteiger partial charge in [-0.1, -0.05) is 6.07 Å². The number of aryl methyl sites for hydroxylation is 1. The average molecular weight is 369 g/mol. The molecule has 27 heavy (non-hydrogen) atoms. The maximum absolute atomic E-state index is 13.1. The van der Waals surface area contributed by atoms with Crippen LogP contribution in [-0.2, 0) is 11.3 Å². The SMILES string of the molecule is Cc1cccc(C(=O)N2C[C@@H]3CCCO[C@@H]3[C@H](N(C)Cc3ccco3)C2)n1. The third-order valence-electron chi connectivity index (χ3n) is 5.68. The third-order valence-corrected chi connectivity index (χ3v) is 5.68. The molecular weight excluding hydrogens is 342 g/mol. The monoisotopic (exact) mass is 369 g/mol. The molecule has 0 spiro atoms. The highest BCUT2D eigenvalue weighted by molar-refractivity contribution is 5.92. The predicted octanol–water partition coefficient (Wildman–Crippen LogP) is 2.73. The summed E-state index contributed by atoms with van der Waals surface area (Å²) in [7, 11) is 2.08. The lowest BCUT2D eigenvalue weighted by atomic mass is 9.84. The fourth-order valence-electron chi connectivity index (χ4n) is 4.32. The predicted molar refractivity (Wildman–Crippen MR) is 101 cm³/mol. The lowest BCUT2D eigenvalue weighted by Gasteiger charge is -2.48. The van der Waals surface area contributed by atoms with E-state index < -0.39 is 0 Å². The molecule has 0 bridgehead atoms. The smallest absolute Gasteiger partial charge is 0.272 e. The minimum absolute atomic E-state index is 0.0131. The van der Waals surface area contributed by atoms with Crippen molar-refractivity contribution in [3.8, 4) is 0 Å². The van der Waals surface area contributed by atoms with E-state index in [4.69, 9.17) is 9.15 Å². The molecule has 2 saturated heterocycles. The Morgan fingerprint density at radius 1 is 1.30 bits per heavy atom. The second-order valence-corrected chi connectivity index (χ2v) is 7.67. The van der Waals surface area contributed by atoms with Gasteiger partial charge in [-0.3, -0.25) is 9.69 Å². The highest BCUT2D eigenvalue weighted by Gasteiger charge is 2.42. The molecule has 1 amide bonds. The topological polar surface area (TPSA) is 58.8 Å². The number of likely N-dealkylation sites (N-methyl/N-ethyl adjacent to an activating group) is 1. The van der Waals surface area contributed by atoms with Crippen LogP contribution in [0.2, 0.25) is 0 Å². The highest BCUT2D eigenvalue weighted by atomic mass is 16.5. The number of rotatable bonds is 4. The highest BCUT2D eigenvalue weighted by Crippen LogP contribution is 2.32. The van der Waals surface area contributed by atoms with Crippen LogP contribution >= 0.6 is 0 Å². The Morgan fingerprint density at radius 2 is 2.19 bits per heavy atom. The van der Waals surface area contributed by atoms with E-state index in [1.807, 2.05) is 36.1 Å². The van der Waals surface area contributed by atoms with Gasteiger partial charge in [-0.2, -0.15) is 0 Å². The number of hydrogen-bond acceptors (Lipinski definition) is 5. The lowest BCUT2D eigenvalue weighted by molar-refractivity contribution is -0.106. The number of furan rings is 1. The Labute approximate surface area is 160 Å². The first-order valence-electron chi connectivity index (χ1n) is 9.69. The number of amides is 1. The normalized spacial score (nSPS) is 25.4. The number of carbonyl (C=O) groups is 1. The Bertz CT molecular complexity index is 777. The Morgan fingerprint density at radius 3 is 2.96 bits per heavy atom. The largest absolute Gasteiger partial charge is 0.468 e. The van der Waals surface area contributed by atoms with Gasteiger partial charge in [0.1, 0.15) is 11.5 Å². The molecule has 4 heterocycles. The van der Waals surface area contributed by atoms with Crippen LogP contribution < -0.4 is 0 Å². The van der Waals surface area contributed by atoms with Crippen molar-refractivity contribution in [3.05, 3.63) is 53.7 Å². The molecule has 2 aliphatic rings. The molecular formula is C21H27N3O3. The van der Waals surface area contributed by atoms with Crippen molar-refractivity contribution in [2.45, 2.75) is 38.5 Å². The molecule has 0 aliphatic carbocycles. The Kier molecular flexibility index (Phi) is 5.27. The van der Waals surface area contributed by atoms with E-state index in [-0.39, 0.29) is 18.1 Å². The first-order chi connectivity index (χ1) is 13.1. The van der Waals surface area contributed by atoms with Crippen LogP contribution in [-0.4, -0.2) is 59.6 Å². The number of piperidine rings is 1. The number of pyridine rings is 1. The van der Waals surface area contributed by atoms with Gasteiger partial charge < -0.3 is 14.1 Å². The summed E-state index contributed by atoms with van der Waals surface area (Å²) in [6.07, 6.45) is 4.01. The van der Waals surface area contributed by atoms with Crippen molar-refractivity contribution in [2.75, 3.05) is 26.7 Å². The summed E-state index contributed by atoms with van der Waals surface area (Å²) in [5.74, 6) is 1.30. The number of nitrogens with zero attached hydrogens (tertiary/aromatic N) is 3. The molecule has 0 saturated carbocycles. The first kappa shape index (κ1) is 18.2. The van der Waals surface area contributed by atoms with Gasteiger partial charge in [0.2, 0.25) is 0 Å². The average Bonchev–Trinajstić information content (AvgIpc) is 3.19. The zero-order chi connectivity index (χ0) is 18.8.